The van der Waals surface area contributed by atoms with Crippen LogP contribution in [-0.2, 0) is 0 Å². The molecule has 0 aliphatic carbocycles. The number of carboxylic acid groups (broad SMARTS) is 1. The van der Waals surface area contributed by atoms with E-state index in [0.717, 1.165) is 17.2 Å². The molecule has 2 N–H and O–H groups in total. The van der Waals surface area contributed by atoms with Crippen molar-refractivity contribution in [1.29, 1.82) is 0 Å². The van der Waals surface area contributed by atoms with Crippen LogP contribution in [0.15, 0.2) is 36.4 Å². The van der Waals surface area contributed by atoms with Gasteiger partial charge in [0.2, 0.25) is 0 Å². The average molecular weight is 291 g/mol. The third-order valence-corrected chi connectivity index (χ3v) is 3.24. The maximum absolute atomic E-state index is 13.7. The van der Waals surface area contributed by atoms with E-state index in [-0.39, 0.29) is 11.7 Å². The first-order chi connectivity index (χ1) is 9.88. The van der Waals surface area contributed by atoms with Gasteiger partial charge in [0, 0.05) is 12.1 Å². The zero-order valence-corrected chi connectivity index (χ0v) is 11.7. The van der Waals surface area contributed by atoms with Gasteiger partial charge >= 0.3 is 5.97 Å². The summed E-state index contributed by atoms with van der Waals surface area (Å²) in [4.78, 5) is 10.9. The van der Waals surface area contributed by atoms with Gasteiger partial charge in [0.25, 0.3) is 0 Å². The van der Waals surface area contributed by atoms with Gasteiger partial charge in [-0.25, -0.2) is 13.6 Å². The molecule has 1 atom stereocenters. The molecule has 0 radical (unpaired) electrons. The Labute approximate surface area is 121 Å². The predicted octanol–water partition coefficient (Wildman–Crippen LogP) is 4.14. The molecule has 3 nitrogen and oxygen atoms in total. The lowest BCUT2D eigenvalue weighted by Gasteiger charge is -2.17. The summed E-state index contributed by atoms with van der Waals surface area (Å²) < 4.78 is 27.1. The number of aromatic carboxylic acids is 1. The third kappa shape index (κ3) is 3.37. The fraction of sp³-hybridized carbons (Fsp3) is 0.188. The van der Waals surface area contributed by atoms with E-state index in [9.17, 15) is 13.6 Å². The molecule has 0 amide bonds. The molecule has 0 aromatic heterocycles. The molecule has 5 heteroatoms. The number of halogens is 2. The largest absolute Gasteiger partial charge is 0.478 e. The van der Waals surface area contributed by atoms with Gasteiger partial charge in [-0.15, -0.1) is 0 Å². The van der Waals surface area contributed by atoms with E-state index in [1.54, 1.807) is 0 Å². The first-order valence-corrected chi connectivity index (χ1v) is 6.44. The summed E-state index contributed by atoms with van der Waals surface area (Å²) in [7, 11) is 0. The highest BCUT2D eigenvalue weighted by Crippen LogP contribution is 2.24. The van der Waals surface area contributed by atoms with E-state index in [1.165, 1.54) is 0 Å². The second kappa shape index (κ2) is 5.91. The number of anilines is 1. The van der Waals surface area contributed by atoms with Gasteiger partial charge in [0.1, 0.15) is 11.6 Å². The Hall–Kier alpha value is -2.43. The Bertz CT molecular complexity index is 669. The molecule has 0 bridgehead atoms. The number of hydrogen-bond donors (Lipinski definition) is 2. The third-order valence-electron chi connectivity index (χ3n) is 3.24. The van der Waals surface area contributed by atoms with Crippen molar-refractivity contribution < 1.29 is 18.7 Å². The molecule has 2 rings (SSSR count). The molecule has 0 saturated carbocycles. The van der Waals surface area contributed by atoms with Crippen LogP contribution in [0.3, 0.4) is 0 Å². The molecule has 0 fully saturated rings. The Morgan fingerprint density at radius 1 is 1.14 bits per heavy atom. The van der Waals surface area contributed by atoms with Crippen LogP contribution >= 0.6 is 0 Å². The first kappa shape index (κ1) is 15.0. The topological polar surface area (TPSA) is 49.3 Å². The van der Waals surface area contributed by atoms with Crippen LogP contribution in [0.4, 0.5) is 14.5 Å². The van der Waals surface area contributed by atoms with Crippen LogP contribution in [0, 0.1) is 18.6 Å². The smallest absolute Gasteiger partial charge is 0.338 e. The number of benzene rings is 2. The summed E-state index contributed by atoms with van der Waals surface area (Å²) >= 11 is 0. The van der Waals surface area contributed by atoms with Crippen LogP contribution < -0.4 is 5.32 Å². The molecule has 110 valence electrons. The molecule has 2 aromatic rings. The minimum absolute atomic E-state index is 0.0399. The van der Waals surface area contributed by atoms with Crippen molar-refractivity contribution >= 4 is 11.7 Å². The normalized spacial score (nSPS) is 12.0. The van der Waals surface area contributed by atoms with E-state index in [2.05, 4.69) is 5.32 Å². The Morgan fingerprint density at radius 3 is 2.33 bits per heavy atom. The van der Waals surface area contributed by atoms with Gasteiger partial charge in [-0.05, 0) is 25.5 Å². The molecule has 0 heterocycles. The molecule has 1 unspecified atom stereocenters. The van der Waals surface area contributed by atoms with Crippen LogP contribution in [0.1, 0.15) is 34.5 Å². The summed E-state index contributed by atoms with van der Waals surface area (Å²) in [6, 6.07) is 8.95. The molecule has 2 aromatic carbocycles. The zero-order valence-electron chi connectivity index (χ0n) is 11.7. The molecule has 0 spiro atoms. The van der Waals surface area contributed by atoms with Gasteiger partial charge in [0.05, 0.1) is 11.3 Å². The van der Waals surface area contributed by atoms with E-state index in [4.69, 9.17) is 5.11 Å². The second-order valence-corrected chi connectivity index (χ2v) is 4.89. The number of rotatable bonds is 4. The highest BCUT2D eigenvalue weighted by molar-refractivity contribution is 5.89. The van der Waals surface area contributed by atoms with Crippen molar-refractivity contribution in [1.82, 2.24) is 0 Å². The molecular formula is C16H15F2NO2. The van der Waals surface area contributed by atoms with E-state index in [1.807, 2.05) is 38.1 Å². The van der Waals surface area contributed by atoms with E-state index in [0.29, 0.717) is 6.07 Å². The van der Waals surface area contributed by atoms with Crippen molar-refractivity contribution in [3.8, 4) is 0 Å². The number of aryl methyl sites for hydroxylation is 1. The highest BCUT2D eigenvalue weighted by Gasteiger charge is 2.16. The molecular weight excluding hydrogens is 276 g/mol. The first-order valence-electron chi connectivity index (χ1n) is 6.44. The number of carbonyl (C=O) groups is 1. The molecule has 0 aliphatic rings. The van der Waals surface area contributed by atoms with E-state index >= 15 is 0 Å². The van der Waals surface area contributed by atoms with Gasteiger partial charge in [-0.2, -0.15) is 0 Å². The highest BCUT2D eigenvalue weighted by atomic mass is 19.1. The molecule has 21 heavy (non-hydrogen) atoms. The van der Waals surface area contributed by atoms with Crippen molar-refractivity contribution in [2.45, 2.75) is 19.9 Å². The Balaban J connectivity index is 2.28. The van der Waals surface area contributed by atoms with Crippen LogP contribution in [-0.4, -0.2) is 11.1 Å². The summed E-state index contributed by atoms with van der Waals surface area (Å²) in [6.07, 6.45) is 0. The predicted molar refractivity (Wildman–Crippen MR) is 76.5 cm³/mol. The minimum atomic E-state index is -1.43. The van der Waals surface area contributed by atoms with Gasteiger partial charge in [0.15, 0.2) is 0 Å². The average Bonchev–Trinajstić information content (AvgIpc) is 2.42. The lowest BCUT2D eigenvalue weighted by molar-refractivity contribution is 0.0692. The molecule has 0 aliphatic heterocycles. The Kier molecular flexibility index (Phi) is 4.21. The maximum atomic E-state index is 13.7. The number of nitrogens with one attached hydrogen (secondary N) is 1. The van der Waals surface area contributed by atoms with Gasteiger partial charge < -0.3 is 10.4 Å². The van der Waals surface area contributed by atoms with Crippen molar-refractivity contribution in [3.63, 3.8) is 0 Å². The van der Waals surface area contributed by atoms with E-state index < -0.39 is 23.2 Å². The SMILES string of the molecule is Cc1ccc(C(C)Nc2cc(C(=O)O)c(F)cc2F)cc1. The van der Waals surface area contributed by atoms with Crippen molar-refractivity contribution in [2.75, 3.05) is 5.32 Å². The van der Waals surface area contributed by atoms with Crippen molar-refractivity contribution in [3.05, 3.63) is 64.7 Å². The zero-order chi connectivity index (χ0) is 15.6. The lowest BCUT2D eigenvalue weighted by Crippen LogP contribution is -2.10. The molecule has 0 saturated heterocycles. The minimum Gasteiger partial charge on any atom is -0.478 e. The summed E-state index contributed by atoms with van der Waals surface area (Å²) in [5, 5.41) is 11.7. The summed E-state index contributed by atoms with van der Waals surface area (Å²) in [6.45, 7) is 3.77. The maximum Gasteiger partial charge on any atom is 0.338 e. The monoisotopic (exact) mass is 291 g/mol. The quantitative estimate of drug-likeness (QED) is 0.890. The van der Waals surface area contributed by atoms with Crippen LogP contribution in [0.2, 0.25) is 0 Å². The van der Waals surface area contributed by atoms with Crippen LogP contribution in [0.5, 0.6) is 0 Å². The van der Waals surface area contributed by atoms with Crippen molar-refractivity contribution in [2.24, 2.45) is 0 Å². The number of hydrogen-bond acceptors (Lipinski definition) is 2. The fourth-order valence-electron chi connectivity index (χ4n) is 2.00. The number of carboxylic acids is 1. The van der Waals surface area contributed by atoms with Gasteiger partial charge in [-0.3, -0.25) is 0 Å². The second-order valence-electron chi connectivity index (χ2n) is 4.89. The Morgan fingerprint density at radius 2 is 1.76 bits per heavy atom. The standard InChI is InChI=1S/C16H15F2NO2/c1-9-3-5-11(6-4-9)10(2)19-15-7-12(16(20)21)13(17)8-14(15)18/h3-8,10,19H,1-2H3,(H,20,21). The summed E-state index contributed by atoms with van der Waals surface area (Å²) in [5.41, 5.74) is 1.42. The van der Waals surface area contributed by atoms with Crippen LogP contribution in [0.25, 0.3) is 0 Å². The van der Waals surface area contributed by atoms with Gasteiger partial charge in [-0.1, -0.05) is 29.8 Å². The summed E-state index contributed by atoms with van der Waals surface area (Å²) in [5.74, 6) is -3.34. The fourth-order valence-corrected chi connectivity index (χ4v) is 2.00. The lowest BCUT2D eigenvalue weighted by atomic mass is 10.1.